The zero-order chi connectivity index (χ0) is 30.0. The highest BCUT2D eigenvalue weighted by Crippen LogP contribution is 2.37. The normalized spacial score (nSPS) is 16.5. The SMILES string of the molecule is Cn1ccnc1Sc1ccc(Nc2c(C#N)cnc3cc(-c4ccc(CN5CCC(N6CCCC6)CC5)o4)ccc23)cc1Cl. The Morgan fingerprint density at radius 1 is 1.05 bits per heavy atom. The Labute approximate surface area is 266 Å². The maximum absolute atomic E-state index is 9.87. The van der Waals surface area contributed by atoms with Crippen molar-refractivity contribution in [3.63, 3.8) is 0 Å². The van der Waals surface area contributed by atoms with E-state index in [0.717, 1.165) is 69.4 Å². The average molecular weight is 624 g/mol. The van der Waals surface area contributed by atoms with Gasteiger partial charge in [0.05, 0.1) is 28.3 Å². The summed E-state index contributed by atoms with van der Waals surface area (Å²) in [5.74, 6) is 1.80. The van der Waals surface area contributed by atoms with Crippen LogP contribution in [0.1, 0.15) is 37.0 Å². The van der Waals surface area contributed by atoms with Crippen LogP contribution in [0, 0.1) is 11.3 Å². The van der Waals surface area contributed by atoms with Crippen LogP contribution in [0.25, 0.3) is 22.2 Å². The number of piperidine rings is 1. The molecular formula is C34H34ClN7OS. The Bertz CT molecular complexity index is 1830. The van der Waals surface area contributed by atoms with Gasteiger partial charge in [-0.2, -0.15) is 5.26 Å². The molecule has 0 bridgehead atoms. The third-order valence-electron chi connectivity index (χ3n) is 8.71. The Hall–Kier alpha value is -3.81. The lowest BCUT2D eigenvalue weighted by molar-refractivity contribution is 0.118. The van der Waals surface area contributed by atoms with Gasteiger partial charge in [-0.1, -0.05) is 29.4 Å². The topological polar surface area (TPSA) is 86.1 Å². The molecule has 0 spiro atoms. The molecule has 10 heteroatoms. The molecule has 44 heavy (non-hydrogen) atoms. The average Bonchev–Trinajstić information content (AvgIpc) is 3.83. The lowest BCUT2D eigenvalue weighted by Crippen LogP contribution is -2.43. The molecule has 2 aliphatic heterocycles. The molecule has 7 rings (SSSR count). The number of nitriles is 1. The Morgan fingerprint density at radius 2 is 1.89 bits per heavy atom. The highest BCUT2D eigenvalue weighted by Gasteiger charge is 2.26. The van der Waals surface area contributed by atoms with E-state index < -0.39 is 0 Å². The van der Waals surface area contributed by atoms with E-state index in [2.05, 4.69) is 37.2 Å². The molecular weight excluding hydrogens is 590 g/mol. The molecule has 5 heterocycles. The van der Waals surface area contributed by atoms with Gasteiger partial charge in [0, 0.05) is 66.3 Å². The van der Waals surface area contributed by atoms with Gasteiger partial charge in [-0.3, -0.25) is 9.88 Å². The molecule has 0 saturated carbocycles. The van der Waals surface area contributed by atoms with Crippen molar-refractivity contribution in [2.24, 2.45) is 7.05 Å². The molecule has 8 nitrogen and oxygen atoms in total. The molecule has 2 aliphatic rings. The third-order valence-corrected chi connectivity index (χ3v) is 10.3. The van der Waals surface area contributed by atoms with E-state index in [1.807, 2.05) is 60.3 Å². The number of likely N-dealkylation sites (tertiary alicyclic amines) is 2. The van der Waals surface area contributed by atoms with Crippen molar-refractivity contribution in [2.75, 3.05) is 31.5 Å². The zero-order valence-corrected chi connectivity index (χ0v) is 26.2. The number of hydrogen-bond acceptors (Lipinski definition) is 8. The summed E-state index contributed by atoms with van der Waals surface area (Å²) in [4.78, 5) is 15.1. The van der Waals surface area contributed by atoms with E-state index in [1.54, 1.807) is 12.4 Å². The van der Waals surface area contributed by atoms with Gasteiger partial charge < -0.3 is 19.2 Å². The molecule has 0 atom stereocenters. The number of anilines is 2. The number of benzene rings is 2. The minimum Gasteiger partial charge on any atom is -0.460 e. The van der Waals surface area contributed by atoms with Crippen LogP contribution in [-0.4, -0.2) is 56.6 Å². The predicted molar refractivity (Wildman–Crippen MR) is 175 cm³/mol. The second kappa shape index (κ2) is 12.7. The summed E-state index contributed by atoms with van der Waals surface area (Å²) >= 11 is 8.16. The molecule has 0 unspecified atom stereocenters. The molecule has 2 aromatic carbocycles. The van der Waals surface area contributed by atoms with E-state index in [-0.39, 0.29) is 0 Å². The fraction of sp³-hybridized carbons (Fsp3) is 0.324. The van der Waals surface area contributed by atoms with Gasteiger partial charge >= 0.3 is 0 Å². The van der Waals surface area contributed by atoms with E-state index in [1.165, 1.54) is 50.5 Å². The van der Waals surface area contributed by atoms with Crippen molar-refractivity contribution in [1.82, 2.24) is 24.3 Å². The fourth-order valence-electron chi connectivity index (χ4n) is 6.31. The number of hydrogen-bond donors (Lipinski definition) is 1. The van der Waals surface area contributed by atoms with Crippen molar-refractivity contribution < 1.29 is 4.42 Å². The number of halogens is 1. The highest BCUT2D eigenvalue weighted by atomic mass is 35.5. The van der Waals surface area contributed by atoms with Crippen LogP contribution in [0.3, 0.4) is 0 Å². The van der Waals surface area contributed by atoms with Gasteiger partial charge in [0.1, 0.15) is 17.6 Å². The number of pyridine rings is 1. The van der Waals surface area contributed by atoms with E-state index >= 15 is 0 Å². The summed E-state index contributed by atoms with van der Waals surface area (Å²) in [7, 11) is 1.95. The van der Waals surface area contributed by atoms with Gasteiger partial charge in [-0.25, -0.2) is 4.98 Å². The second-order valence-corrected chi connectivity index (χ2v) is 13.0. The number of rotatable bonds is 8. The number of nitrogens with zero attached hydrogens (tertiary/aromatic N) is 6. The first-order chi connectivity index (χ1) is 21.5. The molecule has 5 aromatic rings. The van der Waals surface area contributed by atoms with Crippen molar-refractivity contribution in [3.8, 4) is 17.4 Å². The molecule has 1 N–H and O–H groups in total. The quantitative estimate of drug-likeness (QED) is 0.188. The van der Waals surface area contributed by atoms with Crippen LogP contribution in [-0.2, 0) is 13.6 Å². The maximum Gasteiger partial charge on any atom is 0.172 e. The lowest BCUT2D eigenvalue weighted by atomic mass is 10.0. The van der Waals surface area contributed by atoms with Gasteiger partial charge in [-0.05, 0) is 81.2 Å². The van der Waals surface area contributed by atoms with Gasteiger partial charge in [0.2, 0.25) is 0 Å². The maximum atomic E-state index is 9.87. The summed E-state index contributed by atoms with van der Waals surface area (Å²) in [6, 6.07) is 19.0. The number of fused-ring (bicyclic) bond motifs is 1. The zero-order valence-electron chi connectivity index (χ0n) is 24.7. The minimum absolute atomic E-state index is 0.460. The van der Waals surface area contributed by atoms with Crippen molar-refractivity contribution in [1.29, 1.82) is 5.26 Å². The first kappa shape index (κ1) is 28.9. The summed E-state index contributed by atoms with van der Waals surface area (Å²) in [6.45, 7) is 5.61. The smallest absolute Gasteiger partial charge is 0.172 e. The highest BCUT2D eigenvalue weighted by molar-refractivity contribution is 7.99. The number of furan rings is 1. The Morgan fingerprint density at radius 3 is 2.64 bits per heavy atom. The number of nitrogens with one attached hydrogen (secondary N) is 1. The predicted octanol–water partition coefficient (Wildman–Crippen LogP) is 7.71. The van der Waals surface area contributed by atoms with Crippen LogP contribution in [0.5, 0.6) is 0 Å². The Kier molecular flexibility index (Phi) is 8.33. The number of imidazole rings is 1. The number of aromatic nitrogens is 3. The van der Waals surface area contributed by atoms with Crippen LogP contribution in [0.2, 0.25) is 5.02 Å². The van der Waals surface area contributed by atoms with Crippen LogP contribution < -0.4 is 5.32 Å². The van der Waals surface area contributed by atoms with Crippen LogP contribution in [0.4, 0.5) is 11.4 Å². The van der Waals surface area contributed by atoms with Crippen molar-refractivity contribution in [3.05, 3.63) is 83.5 Å². The molecule has 0 radical (unpaired) electrons. The van der Waals surface area contributed by atoms with Crippen molar-refractivity contribution in [2.45, 2.75) is 48.3 Å². The largest absolute Gasteiger partial charge is 0.460 e. The molecule has 0 aliphatic carbocycles. The fourth-order valence-corrected chi connectivity index (χ4v) is 7.41. The van der Waals surface area contributed by atoms with E-state index in [4.69, 9.17) is 16.0 Å². The van der Waals surface area contributed by atoms with E-state index in [0.29, 0.717) is 16.3 Å². The minimum atomic E-state index is 0.460. The molecule has 3 aromatic heterocycles. The van der Waals surface area contributed by atoms with E-state index in [9.17, 15) is 5.26 Å². The third kappa shape index (κ3) is 6.08. The lowest BCUT2D eigenvalue weighted by Gasteiger charge is -2.36. The number of aryl methyl sites for hydroxylation is 1. The molecule has 224 valence electrons. The van der Waals surface area contributed by atoms with Crippen LogP contribution >= 0.6 is 23.4 Å². The standard InChI is InChI=1S/C34H34ClN7OS/c1-40-17-12-37-34(40)44-32-9-5-25(19-29(32)35)39-33-24(20-36)21-38-30-18-23(4-7-28(30)33)31-8-6-27(43-31)22-41-15-10-26(11-16-41)42-13-2-3-14-42/h4-9,12,17-19,21,26H,2-3,10-11,13-16,22H2,1H3,(H,38,39). The monoisotopic (exact) mass is 623 g/mol. The summed E-state index contributed by atoms with van der Waals surface area (Å²) < 4.78 is 8.27. The first-order valence-electron chi connectivity index (χ1n) is 15.1. The van der Waals surface area contributed by atoms with Gasteiger partial charge in [0.15, 0.2) is 5.16 Å². The Balaban J connectivity index is 1.06. The molecule has 2 fully saturated rings. The summed E-state index contributed by atoms with van der Waals surface area (Å²) in [5, 5.41) is 15.6. The van der Waals surface area contributed by atoms with Gasteiger partial charge in [-0.15, -0.1) is 0 Å². The molecule has 0 amide bonds. The second-order valence-electron chi connectivity index (χ2n) is 11.6. The molecule has 2 saturated heterocycles. The van der Waals surface area contributed by atoms with Crippen molar-refractivity contribution >= 4 is 45.6 Å². The van der Waals surface area contributed by atoms with Crippen LogP contribution in [0.15, 0.2) is 81.6 Å². The summed E-state index contributed by atoms with van der Waals surface area (Å²) in [6.07, 6.45) is 10.5. The first-order valence-corrected chi connectivity index (χ1v) is 16.3. The summed E-state index contributed by atoms with van der Waals surface area (Å²) in [5.41, 5.74) is 3.67. The van der Waals surface area contributed by atoms with Gasteiger partial charge in [0.25, 0.3) is 0 Å².